The summed E-state index contributed by atoms with van der Waals surface area (Å²) < 4.78 is 10.8. The maximum absolute atomic E-state index is 5.42. The van der Waals surface area contributed by atoms with E-state index in [0.29, 0.717) is 6.79 Å². The molecular weight excluding hydrogens is 238 g/mol. The van der Waals surface area contributed by atoms with Gasteiger partial charge in [-0.3, -0.25) is 0 Å². The topological polar surface area (TPSA) is 30.5 Å². The Morgan fingerprint density at radius 1 is 1.11 bits per heavy atom. The first-order valence-electron chi connectivity index (χ1n) is 7.50. The lowest BCUT2D eigenvalue weighted by Crippen LogP contribution is -2.35. The molecule has 4 rings (SSSR count). The summed E-state index contributed by atoms with van der Waals surface area (Å²) in [5.74, 6) is 3.76. The van der Waals surface area contributed by atoms with Crippen molar-refractivity contribution >= 4 is 0 Å². The zero-order valence-corrected chi connectivity index (χ0v) is 11.2. The molecule has 0 amide bonds. The smallest absolute Gasteiger partial charge is 0.231 e. The molecule has 3 atom stereocenters. The van der Waals surface area contributed by atoms with Crippen LogP contribution >= 0.6 is 0 Å². The number of hydrogen-bond donors (Lipinski definition) is 1. The molecule has 3 heteroatoms. The van der Waals surface area contributed by atoms with Gasteiger partial charge in [0.25, 0.3) is 0 Å². The predicted molar refractivity (Wildman–Crippen MR) is 73.5 cm³/mol. The van der Waals surface area contributed by atoms with Crippen molar-refractivity contribution in [3.8, 4) is 11.5 Å². The van der Waals surface area contributed by atoms with E-state index in [9.17, 15) is 0 Å². The van der Waals surface area contributed by atoms with Crippen molar-refractivity contribution in [2.45, 2.75) is 38.1 Å². The van der Waals surface area contributed by atoms with Crippen LogP contribution in [0.3, 0.4) is 0 Å². The summed E-state index contributed by atoms with van der Waals surface area (Å²) in [6, 6.07) is 7.07. The monoisotopic (exact) mass is 259 g/mol. The molecule has 3 aliphatic rings. The zero-order valence-electron chi connectivity index (χ0n) is 11.2. The summed E-state index contributed by atoms with van der Waals surface area (Å²) >= 11 is 0. The largest absolute Gasteiger partial charge is 0.454 e. The molecule has 1 aromatic carbocycles. The van der Waals surface area contributed by atoms with Gasteiger partial charge in [-0.2, -0.15) is 0 Å². The second-order valence-electron chi connectivity index (χ2n) is 6.17. The molecule has 102 valence electrons. The van der Waals surface area contributed by atoms with E-state index in [1.54, 1.807) is 0 Å². The average molecular weight is 259 g/mol. The van der Waals surface area contributed by atoms with Gasteiger partial charge in [0.15, 0.2) is 11.5 Å². The van der Waals surface area contributed by atoms with Gasteiger partial charge in [0.05, 0.1) is 0 Å². The summed E-state index contributed by atoms with van der Waals surface area (Å²) in [6.45, 7) is 1.44. The summed E-state index contributed by atoms with van der Waals surface area (Å²) in [6.07, 6.45) is 6.88. The molecule has 2 saturated carbocycles. The van der Waals surface area contributed by atoms with Crippen LogP contribution in [0.5, 0.6) is 11.5 Å². The van der Waals surface area contributed by atoms with Crippen molar-refractivity contribution in [2.75, 3.05) is 13.3 Å². The average Bonchev–Trinajstić information content (AvgIpc) is 3.14. The number of nitrogens with one attached hydrogen (secondary N) is 1. The molecule has 1 heterocycles. The summed E-state index contributed by atoms with van der Waals surface area (Å²) in [7, 11) is 0. The van der Waals surface area contributed by atoms with Gasteiger partial charge in [-0.05, 0) is 61.8 Å². The lowest BCUT2D eigenvalue weighted by molar-refractivity contribution is 0.174. The van der Waals surface area contributed by atoms with E-state index in [0.717, 1.165) is 42.3 Å². The minimum atomic E-state index is 0.363. The Morgan fingerprint density at radius 2 is 2.05 bits per heavy atom. The number of benzene rings is 1. The van der Waals surface area contributed by atoms with Crippen molar-refractivity contribution in [3.63, 3.8) is 0 Å². The van der Waals surface area contributed by atoms with Crippen molar-refractivity contribution < 1.29 is 9.47 Å². The van der Waals surface area contributed by atoms with Crippen LogP contribution in [0, 0.1) is 11.8 Å². The Morgan fingerprint density at radius 3 is 2.89 bits per heavy atom. The van der Waals surface area contributed by atoms with Crippen molar-refractivity contribution in [2.24, 2.45) is 11.8 Å². The lowest BCUT2D eigenvalue weighted by Gasteiger charge is -2.22. The van der Waals surface area contributed by atoms with Gasteiger partial charge in [-0.1, -0.05) is 12.5 Å². The third kappa shape index (κ3) is 2.20. The summed E-state index contributed by atoms with van der Waals surface area (Å²) in [4.78, 5) is 0. The Hall–Kier alpha value is -1.22. The number of hydrogen-bond acceptors (Lipinski definition) is 3. The molecule has 1 aliphatic heterocycles. The molecule has 1 aromatic rings. The summed E-state index contributed by atoms with van der Waals surface area (Å²) in [5, 5.41) is 3.76. The van der Waals surface area contributed by atoms with Gasteiger partial charge in [-0.15, -0.1) is 0 Å². The molecule has 0 spiro atoms. The molecular formula is C16H21NO2. The van der Waals surface area contributed by atoms with E-state index < -0.39 is 0 Å². The van der Waals surface area contributed by atoms with Crippen LogP contribution < -0.4 is 14.8 Å². The highest BCUT2D eigenvalue weighted by Gasteiger charge is 2.38. The fourth-order valence-corrected chi connectivity index (χ4v) is 3.99. The maximum Gasteiger partial charge on any atom is 0.231 e. The van der Waals surface area contributed by atoms with E-state index >= 15 is 0 Å². The molecule has 19 heavy (non-hydrogen) atoms. The fraction of sp³-hybridized carbons (Fsp3) is 0.625. The van der Waals surface area contributed by atoms with Crippen LogP contribution in [0.4, 0.5) is 0 Å². The molecule has 2 bridgehead atoms. The van der Waals surface area contributed by atoms with Crippen LogP contribution in [0.15, 0.2) is 18.2 Å². The van der Waals surface area contributed by atoms with Crippen molar-refractivity contribution in [1.82, 2.24) is 5.32 Å². The highest BCUT2D eigenvalue weighted by molar-refractivity contribution is 5.44. The lowest BCUT2D eigenvalue weighted by atomic mass is 9.95. The van der Waals surface area contributed by atoms with Gasteiger partial charge in [0.1, 0.15) is 0 Å². The minimum absolute atomic E-state index is 0.363. The quantitative estimate of drug-likeness (QED) is 0.902. The van der Waals surface area contributed by atoms with Gasteiger partial charge in [0, 0.05) is 6.04 Å². The molecule has 2 aliphatic carbocycles. The zero-order chi connectivity index (χ0) is 12.7. The Kier molecular flexibility index (Phi) is 2.87. The van der Waals surface area contributed by atoms with Crippen LogP contribution in [0.1, 0.15) is 31.2 Å². The van der Waals surface area contributed by atoms with Crippen LogP contribution in [-0.4, -0.2) is 19.4 Å². The number of ether oxygens (including phenoxy) is 2. The standard InChI is InChI=1S/C16H21NO2/c1-3-13-7-12(1)8-14(13)17-6-5-11-2-4-15-16(9-11)19-10-18-15/h2,4,9,12-14,17H,1,3,5-8,10H2/t12-,13-,14+/m1/s1. The van der Waals surface area contributed by atoms with E-state index in [1.165, 1.54) is 31.2 Å². The van der Waals surface area contributed by atoms with E-state index in [1.807, 2.05) is 6.07 Å². The SMILES string of the molecule is c1cc2c(cc1CCN[C@H]1C[C@@H]3CC[C@@H]1C3)OCO2. The van der Waals surface area contributed by atoms with Crippen LogP contribution in [0.25, 0.3) is 0 Å². The first-order chi connectivity index (χ1) is 9.38. The Bertz CT molecular complexity index is 474. The predicted octanol–water partition coefficient (Wildman–Crippen LogP) is 2.74. The number of fused-ring (bicyclic) bond motifs is 3. The van der Waals surface area contributed by atoms with Crippen LogP contribution in [-0.2, 0) is 6.42 Å². The maximum atomic E-state index is 5.42. The normalized spacial score (nSPS) is 31.1. The van der Waals surface area contributed by atoms with E-state index in [-0.39, 0.29) is 0 Å². The molecule has 1 N–H and O–H groups in total. The van der Waals surface area contributed by atoms with Crippen molar-refractivity contribution in [3.05, 3.63) is 23.8 Å². The number of rotatable bonds is 4. The second-order valence-corrected chi connectivity index (χ2v) is 6.17. The molecule has 2 fully saturated rings. The Balaban J connectivity index is 1.30. The first kappa shape index (κ1) is 11.6. The molecule has 0 aromatic heterocycles. The third-order valence-corrected chi connectivity index (χ3v) is 5.00. The third-order valence-electron chi connectivity index (χ3n) is 5.00. The molecule has 3 nitrogen and oxygen atoms in total. The molecule has 0 unspecified atom stereocenters. The minimum Gasteiger partial charge on any atom is -0.454 e. The van der Waals surface area contributed by atoms with Gasteiger partial charge >= 0.3 is 0 Å². The van der Waals surface area contributed by atoms with Gasteiger partial charge in [0.2, 0.25) is 6.79 Å². The van der Waals surface area contributed by atoms with Gasteiger partial charge in [-0.25, -0.2) is 0 Å². The highest BCUT2D eigenvalue weighted by Crippen LogP contribution is 2.44. The summed E-state index contributed by atoms with van der Waals surface area (Å²) in [5.41, 5.74) is 1.33. The van der Waals surface area contributed by atoms with E-state index in [4.69, 9.17) is 9.47 Å². The van der Waals surface area contributed by atoms with Crippen molar-refractivity contribution in [1.29, 1.82) is 0 Å². The second kappa shape index (κ2) is 4.71. The van der Waals surface area contributed by atoms with Crippen LogP contribution in [0.2, 0.25) is 0 Å². The Labute approximate surface area is 114 Å². The highest BCUT2D eigenvalue weighted by atomic mass is 16.7. The fourth-order valence-electron chi connectivity index (χ4n) is 3.99. The first-order valence-corrected chi connectivity index (χ1v) is 7.50. The van der Waals surface area contributed by atoms with E-state index in [2.05, 4.69) is 17.4 Å². The molecule has 0 saturated heterocycles. The van der Waals surface area contributed by atoms with Gasteiger partial charge < -0.3 is 14.8 Å². The molecule has 0 radical (unpaired) electrons.